The minimum absolute atomic E-state index is 0.936. The van der Waals surface area contributed by atoms with E-state index < -0.39 is 0 Å². The summed E-state index contributed by atoms with van der Waals surface area (Å²) in [7, 11) is 0. The van der Waals surface area contributed by atoms with Crippen molar-refractivity contribution in [3.63, 3.8) is 0 Å². The molecule has 0 amide bonds. The summed E-state index contributed by atoms with van der Waals surface area (Å²) in [6, 6.07) is 0. The van der Waals surface area contributed by atoms with E-state index in [-0.39, 0.29) is 0 Å². The molecule has 0 aliphatic rings. The van der Waals surface area contributed by atoms with E-state index >= 15 is 0 Å². The topological polar surface area (TPSA) is 12.4 Å². The largest absolute Gasteiger partial charge is 0.262 e. The molecule has 0 aliphatic carbocycles. The highest BCUT2D eigenvalue weighted by atomic mass is 14.7. The van der Waals surface area contributed by atoms with Gasteiger partial charge in [-0.2, -0.15) is 0 Å². The summed E-state index contributed by atoms with van der Waals surface area (Å²) in [5.74, 6) is 0. The maximum absolute atomic E-state index is 4.09. The molecule has 1 nitrogen and oxygen atoms in total. The molecule has 0 fully saturated rings. The van der Waals surface area contributed by atoms with Gasteiger partial charge in [0.1, 0.15) is 0 Å². The van der Waals surface area contributed by atoms with Gasteiger partial charge in [0.25, 0.3) is 0 Å². The zero-order valence-corrected chi connectivity index (χ0v) is 6.85. The van der Waals surface area contributed by atoms with Crippen molar-refractivity contribution in [2.75, 3.05) is 0 Å². The first kappa shape index (κ1) is 9.15. The number of rotatable bonds is 4. The second kappa shape index (κ2) is 4.98. The zero-order valence-electron chi connectivity index (χ0n) is 6.85. The summed E-state index contributed by atoms with van der Waals surface area (Å²) in [5.41, 5.74) is 1.91. The molecule has 0 heterocycles. The Bertz CT molecular complexity index is 154. The van der Waals surface area contributed by atoms with Gasteiger partial charge in [-0.05, 0) is 18.9 Å². The maximum atomic E-state index is 4.09. The van der Waals surface area contributed by atoms with Crippen molar-refractivity contribution in [1.29, 1.82) is 0 Å². The van der Waals surface area contributed by atoms with E-state index in [9.17, 15) is 0 Å². The van der Waals surface area contributed by atoms with Crippen molar-refractivity contribution >= 4 is 6.21 Å². The Hall–Kier alpha value is -0.850. The van der Waals surface area contributed by atoms with E-state index in [2.05, 4.69) is 25.1 Å². The Labute approximate surface area is 63.2 Å². The molecule has 1 heteroatoms. The molecule has 0 aliphatic heterocycles. The molecule has 0 N–H and O–H groups in total. The van der Waals surface area contributed by atoms with Crippen molar-refractivity contribution in [3.8, 4) is 0 Å². The second-order valence-corrected chi connectivity index (χ2v) is 2.42. The summed E-state index contributed by atoms with van der Waals surface area (Å²) >= 11 is 0. The van der Waals surface area contributed by atoms with Crippen LogP contribution in [-0.2, 0) is 0 Å². The van der Waals surface area contributed by atoms with Crippen molar-refractivity contribution in [3.05, 3.63) is 24.4 Å². The highest BCUT2D eigenvalue weighted by molar-refractivity contribution is 5.77. The Kier molecular flexibility index (Phi) is 4.55. The van der Waals surface area contributed by atoms with Gasteiger partial charge in [-0.25, -0.2) is 0 Å². The fourth-order valence-corrected chi connectivity index (χ4v) is 0.555. The van der Waals surface area contributed by atoms with Gasteiger partial charge in [0, 0.05) is 11.9 Å². The first-order valence-electron chi connectivity index (χ1n) is 3.54. The summed E-state index contributed by atoms with van der Waals surface area (Å²) in [6.07, 6.45) is 3.83. The summed E-state index contributed by atoms with van der Waals surface area (Å²) in [6.45, 7) is 11.5. The molecule has 0 saturated heterocycles. The standard InChI is InChI=1S/C9H15N/c1-5-6-9(4)10-7-8(2)3/h7H,2,4-6H2,1,3H3. The smallest absolute Gasteiger partial charge is 0.0331 e. The Morgan fingerprint density at radius 2 is 2.10 bits per heavy atom. The fourth-order valence-electron chi connectivity index (χ4n) is 0.555. The van der Waals surface area contributed by atoms with E-state index in [1.54, 1.807) is 6.21 Å². The Morgan fingerprint density at radius 3 is 2.50 bits per heavy atom. The third-order valence-electron chi connectivity index (χ3n) is 1.01. The van der Waals surface area contributed by atoms with Gasteiger partial charge in [-0.1, -0.05) is 26.5 Å². The summed E-state index contributed by atoms with van der Waals surface area (Å²) in [4.78, 5) is 4.09. The van der Waals surface area contributed by atoms with Gasteiger partial charge in [0.15, 0.2) is 0 Å². The molecular weight excluding hydrogens is 122 g/mol. The lowest BCUT2D eigenvalue weighted by molar-refractivity contribution is 0.899. The van der Waals surface area contributed by atoms with Crippen LogP contribution in [-0.4, -0.2) is 6.21 Å². The number of hydrogen-bond donors (Lipinski definition) is 0. The van der Waals surface area contributed by atoms with Crippen molar-refractivity contribution in [2.45, 2.75) is 26.7 Å². The summed E-state index contributed by atoms with van der Waals surface area (Å²) in [5, 5.41) is 0. The maximum Gasteiger partial charge on any atom is 0.0331 e. The predicted octanol–water partition coefficient (Wildman–Crippen LogP) is 2.95. The normalized spacial score (nSPS) is 10.2. The molecule has 0 atom stereocenters. The highest BCUT2D eigenvalue weighted by Gasteiger charge is 1.84. The van der Waals surface area contributed by atoms with Crippen LogP contribution in [0.3, 0.4) is 0 Å². The zero-order chi connectivity index (χ0) is 7.98. The van der Waals surface area contributed by atoms with Crippen LogP contribution >= 0.6 is 0 Å². The van der Waals surface area contributed by atoms with Gasteiger partial charge in [-0.3, -0.25) is 4.99 Å². The average Bonchev–Trinajstić information content (AvgIpc) is 1.85. The molecule has 0 bridgehead atoms. The molecule has 0 aromatic carbocycles. The van der Waals surface area contributed by atoms with Crippen molar-refractivity contribution < 1.29 is 0 Å². The van der Waals surface area contributed by atoms with Gasteiger partial charge in [0.2, 0.25) is 0 Å². The molecule has 10 heavy (non-hydrogen) atoms. The van der Waals surface area contributed by atoms with Crippen LogP contribution in [0.1, 0.15) is 26.7 Å². The van der Waals surface area contributed by atoms with Gasteiger partial charge >= 0.3 is 0 Å². The second-order valence-electron chi connectivity index (χ2n) is 2.42. The van der Waals surface area contributed by atoms with Crippen LogP contribution < -0.4 is 0 Å². The van der Waals surface area contributed by atoms with E-state index in [1.807, 2.05) is 6.92 Å². The SMILES string of the molecule is C=C(C)C=NC(=C)CCC. The van der Waals surface area contributed by atoms with E-state index in [0.717, 1.165) is 24.1 Å². The molecular formula is C9H15N. The van der Waals surface area contributed by atoms with Gasteiger partial charge in [0.05, 0.1) is 0 Å². The monoisotopic (exact) mass is 137 g/mol. The third-order valence-corrected chi connectivity index (χ3v) is 1.01. The first-order chi connectivity index (χ1) is 4.66. The lowest BCUT2D eigenvalue weighted by atomic mass is 10.3. The van der Waals surface area contributed by atoms with Crippen molar-refractivity contribution in [1.82, 2.24) is 0 Å². The van der Waals surface area contributed by atoms with Crippen LogP contribution in [0.2, 0.25) is 0 Å². The molecule has 0 aromatic heterocycles. The summed E-state index contributed by atoms with van der Waals surface area (Å²) < 4.78 is 0. The Morgan fingerprint density at radius 1 is 1.50 bits per heavy atom. The first-order valence-corrected chi connectivity index (χ1v) is 3.54. The third kappa shape index (κ3) is 5.29. The van der Waals surface area contributed by atoms with E-state index in [4.69, 9.17) is 0 Å². The lowest BCUT2D eigenvalue weighted by Crippen LogP contribution is -1.78. The Balaban J connectivity index is 3.67. The van der Waals surface area contributed by atoms with Gasteiger partial charge in [-0.15, -0.1) is 0 Å². The van der Waals surface area contributed by atoms with Crippen LogP contribution in [0.15, 0.2) is 29.4 Å². The molecule has 56 valence electrons. The number of hydrogen-bond acceptors (Lipinski definition) is 1. The molecule has 0 radical (unpaired) electrons. The number of nitrogens with zero attached hydrogens (tertiary/aromatic N) is 1. The number of aliphatic imine (C=N–C) groups is 1. The van der Waals surface area contributed by atoms with Crippen LogP contribution in [0, 0.1) is 0 Å². The minimum atomic E-state index is 0.936. The molecule has 0 unspecified atom stereocenters. The lowest BCUT2D eigenvalue weighted by Gasteiger charge is -1.93. The average molecular weight is 137 g/mol. The fraction of sp³-hybridized carbons (Fsp3) is 0.444. The minimum Gasteiger partial charge on any atom is -0.262 e. The van der Waals surface area contributed by atoms with Gasteiger partial charge < -0.3 is 0 Å². The van der Waals surface area contributed by atoms with E-state index in [1.165, 1.54) is 0 Å². The van der Waals surface area contributed by atoms with E-state index in [0.29, 0.717) is 0 Å². The van der Waals surface area contributed by atoms with Crippen LogP contribution in [0.5, 0.6) is 0 Å². The van der Waals surface area contributed by atoms with Crippen LogP contribution in [0.4, 0.5) is 0 Å². The molecule has 0 aromatic rings. The molecule has 0 rings (SSSR count). The highest BCUT2D eigenvalue weighted by Crippen LogP contribution is 2.01. The van der Waals surface area contributed by atoms with Crippen LogP contribution in [0.25, 0.3) is 0 Å². The van der Waals surface area contributed by atoms with Crippen molar-refractivity contribution in [2.24, 2.45) is 4.99 Å². The number of allylic oxidation sites excluding steroid dienone is 2. The quantitative estimate of drug-likeness (QED) is 0.528. The predicted molar refractivity (Wildman–Crippen MR) is 47.4 cm³/mol. The molecule has 0 saturated carbocycles. The molecule has 0 spiro atoms.